The molecular weight excluding hydrogens is 455 g/mol. The molecule has 2 aromatic rings. The van der Waals surface area contributed by atoms with Crippen LogP contribution in [0, 0.1) is 0 Å². The van der Waals surface area contributed by atoms with Crippen LogP contribution in [0.5, 0.6) is 0 Å². The first kappa shape index (κ1) is 20.4. The fourth-order valence-electron chi connectivity index (χ4n) is 3.20. The number of anilines is 1. The van der Waals surface area contributed by atoms with Crippen molar-refractivity contribution >= 4 is 56.2 Å². The molecule has 1 aromatic heterocycles. The molecule has 1 fully saturated rings. The van der Waals surface area contributed by atoms with Crippen molar-refractivity contribution in [1.29, 1.82) is 0 Å². The van der Waals surface area contributed by atoms with E-state index >= 15 is 0 Å². The number of aromatic nitrogens is 1. The highest BCUT2D eigenvalue weighted by Crippen LogP contribution is 2.31. The highest BCUT2D eigenvalue weighted by molar-refractivity contribution is 7.89. The molecule has 0 spiro atoms. The monoisotopic (exact) mass is 470 g/mol. The molecule has 2 N–H and O–H groups in total. The minimum absolute atomic E-state index is 0.0981. The summed E-state index contributed by atoms with van der Waals surface area (Å²) in [6, 6.07) is 5.21. The number of hydrogen-bond acceptors (Lipinski definition) is 6. The van der Waals surface area contributed by atoms with Gasteiger partial charge in [-0.1, -0.05) is 23.2 Å². The number of amides is 1. The Bertz CT molecular complexity index is 1110. The van der Waals surface area contributed by atoms with E-state index in [-0.39, 0.29) is 16.4 Å². The summed E-state index contributed by atoms with van der Waals surface area (Å²) in [4.78, 5) is 17.8. The molecule has 11 heteroatoms. The van der Waals surface area contributed by atoms with Crippen LogP contribution < -0.4 is 10.6 Å². The molecule has 1 unspecified atom stereocenters. The summed E-state index contributed by atoms with van der Waals surface area (Å²) < 4.78 is 25.7. The maximum Gasteiger partial charge on any atom is 0.257 e. The number of benzene rings is 1. The van der Waals surface area contributed by atoms with Gasteiger partial charge in [-0.3, -0.25) is 9.78 Å². The molecule has 3 heterocycles. The third kappa shape index (κ3) is 4.34. The molecule has 4 rings (SSSR count). The Morgan fingerprint density at radius 2 is 2.14 bits per heavy atom. The number of rotatable bonds is 4. The van der Waals surface area contributed by atoms with E-state index in [0.29, 0.717) is 23.7 Å². The Labute approximate surface area is 182 Å². The zero-order valence-electron chi connectivity index (χ0n) is 14.9. The standard InChI is InChI=1S/C18H16Cl2N4O3S2/c19-12-4-11(16-9-21-10-28-16)5-13(6-12)23-18(25)14-7-17(22-8-15(14)20)24-2-1-3-29(24,26)27/h4-10,17,22H,1-3H2,(H,23,25). The SMILES string of the molecule is O=C(Nc1cc(Cl)cc(-c2cncs2)c1)C1=CC(N2CCCS2(=O)=O)NC=C1Cl. The lowest BCUT2D eigenvalue weighted by Crippen LogP contribution is -2.45. The molecule has 152 valence electrons. The second-order valence-electron chi connectivity index (χ2n) is 6.51. The number of nitrogens with zero attached hydrogens (tertiary/aromatic N) is 2. The van der Waals surface area contributed by atoms with Gasteiger partial charge < -0.3 is 10.6 Å². The van der Waals surface area contributed by atoms with Gasteiger partial charge in [0, 0.05) is 29.7 Å². The Balaban J connectivity index is 1.58. The third-order valence-corrected chi connectivity index (χ3v) is 7.81. The van der Waals surface area contributed by atoms with Crippen LogP contribution in [0.25, 0.3) is 10.4 Å². The van der Waals surface area contributed by atoms with Crippen molar-refractivity contribution in [2.24, 2.45) is 0 Å². The lowest BCUT2D eigenvalue weighted by atomic mass is 10.1. The van der Waals surface area contributed by atoms with Crippen LogP contribution in [-0.4, -0.2) is 42.1 Å². The predicted octanol–water partition coefficient (Wildman–Crippen LogP) is 3.37. The molecule has 1 atom stereocenters. The summed E-state index contributed by atoms with van der Waals surface area (Å²) in [6.07, 6.45) is 4.58. The number of thiazole rings is 1. The van der Waals surface area contributed by atoms with Crippen LogP contribution in [0.2, 0.25) is 5.02 Å². The van der Waals surface area contributed by atoms with E-state index in [1.165, 1.54) is 27.9 Å². The second-order valence-corrected chi connectivity index (χ2v) is 10.3. The van der Waals surface area contributed by atoms with E-state index in [1.807, 2.05) is 0 Å². The first-order valence-corrected chi connectivity index (χ1v) is 11.9. The van der Waals surface area contributed by atoms with Crippen molar-refractivity contribution in [1.82, 2.24) is 14.6 Å². The van der Waals surface area contributed by atoms with Crippen molar-refractivity contribution in [3.63, 3.8) is 0 Å². The second kappa shape index (κ2) is 8.08. The van der Waals surface area contributed by atoms with Crippen molar-refractivity contribution in [2.45, 2.75) is 12.6 Å². The van der Waals surface area contributed by atoms with Crippen molar-refractivity contribution in [3.05, 3.63) is 57.8 Å². The molecule has 2 aliphatic heterocycles. The van der Waals surface area contributed by atoms with Gasteiger partial charge in [0.1, 0.15) is 6.17 Å². The van der Waals surface area contributed by atoms with Crippen LogP contribution in [0.15, 0.2) is 52.8 Å². The van der Waals surface area contributed by atoms with E-state index in [9.17, 15) is 13.2 Å². The van der Waals surface area contributed by atoms with Gasteiger partial charge in [-0.05, 0) is 36.3 Å². The van der Waals surface area contributed by atoms with Gasteiger partial charge in [-0.15, -0.1) is 11.3 Å². The average molecular weight is 471 g/mol. The van der Waals surface area contributed by atoms with E-state index < -0.39 is 22.1 Å². The highest BCUT2D eigenvalue weighted by atomic mass is 35.5. The van der Waals surface area contributed by atoms with Crippen molar-refractivity contribution in [2.75, 3.05) is 17.6 Å². The van der Waals surface area contributed by atoms with Gasteiger partial charge in [0.15, 0.2) is 0 Å². The molecule has 0 aliphatic carbocycles. The van der Waals surface area contributed by atoms with Gasteiger partial charge in [-0.25, -0.2) is 8.42 Å². The predicted molar refractivity (Wildman–Crippen MR) is 115 cm³/mol. The van der Waals surface area contributed by atoms with Gasteiger partial charge in [0.05, 0.1) is 26.7 Å². The zero-order valence-corrected chi connectivity index (χ0v) is 18.1. The van der Waals surface area contributed by atoms with Crippen LogP contribution in [0.1, 0.15) is 6.42 Å². The molecule has 2 aliphatic rings. The summed E-state index contributed by atoms with van der Waals surface area (Å²) in [5.74, 6) is -0.354. The summed E-state index contributed by atoms with van der Waals surface area (Å²) in [7, 11) is -3.35. The number of carbonyl (C=O) groups is 1. The molecule has 0 radical (unpaired) electrons. The lowest BCUT2D eigenvalue weighted by Gasteiger charge is -2.27. The highest BCUT2D eigenvalue weighted by Gasteiger charge is 2.35. The third-order valence-electron chi connectivity index (χ3n) is 4.53. The maximum absolute atomic E-state index is 12.9. The first-order valence-electron chi connectivity index (χ1n) is 8.68. The molecule has 0 bridgehead atoms. The molecular formula is C18H16Cl2N4O3S2. The summed E-state index contributed by atoms with van der Waals surface area (Å²) in [6.45, 7) is 0.392. The molecule has 1 saturated heterocycles. The summed E-state index contributed by atoms with van der Waals surface area (Å²) in [5.41, 5.74) is 3.24. The van der Waals surface area contributed by atoms with Gasteiger partial charge in [0.2, 0.25) is 10.0 Å². The smallest absolute Gasteiger partial charge is 0.257 e. The first-order chi connectivity index (χ1) is 13.8. The van der Waals surface area contributed by atoms with Crippen LogP contribution in [-0.2, 0) is 14.8 Å². The number of hydrogen-bond donors (Lipinski definition) is 2. The minimum atomic E-state index is -3.35. The summed E-state index contributed by atoms with van der Waals surface area (Å²) in [5, 5.41) is 6.37. The largest absolute Gasteiger partial charge is 0.370 e. The lowest BCUT2D eigenvalue weighted by molar-refractivity contribution is -0.112. The molecule has 29 heavy (non-hydrogen) atoms. The number of sulfonamides is 1. The van der Waals surface area contributed by atoms with Crippen molar-refractivity contribution in [3.8, 4) is 10.4 Å². The molecule has 7 nitrogen and oxygen atoms in total. The van der Waals surface area contributed by atoms with E-state index in [2.05, 4.69) is 15.6 Å². The fourth-order valence-corrected chi connectivity index (χ4v) is 5.87. The van der Waals surface area contributed by atoms with Crippen LogP contribution >= 0.6 is 34.5 Å². The maximum atomic E-state index is 12.9. The minimum Gasteiger partial charge on any atom is -0.370 e. The Kier molecular flexibility index (Phi) is 5.67. The number of nitrogens with one attached hydrogen (secondary N) is 2. The molecule has 0 saturated carbocycles. The van der Waals surface area contributed by atoms with Gasteiger partial charge in [0.25, 0.3) is 5.91 Å². The normalized spacial score (nSPS) is 21.2. The number of halogens is 2. The number of carbonyl (C=O) groups excluding carboxylic acids is 1. The zero-order chi connectivity index (χ0) is 20.6. The van der Waals surface area contributed by atoms with Crippen molar-refractivity contribution < 1.29 is 13.2 Å². The Hall–Kier alpha value is -1.91. The number of dihydropyridines is 1. The fraction of sp³-hybridized carbons (Fsp3) is 0.222. The summed E-state index contributed by atoms with van der Waals surface area (Å²) >= 11 is 13.9. The average Bonchev–Trinajstić information content (AvgIpc) is 3.31. The van der Waals surface area contributed by atoms with Gasteiger partial charge >= 0.3 is 0 Å². The topological polar surface area (TPSA) is 91.4 Å². The molecule has 1 aromatic carbocycles. The van der Waals surface area contributed by atoms with E-state index in [0.717, 1.165) is 10.4 Å². The van der Waals surface area contributed by atoms with Gasteiger partial charge in [-0.2, -0.15) is 4.31 Å². The van der Waals surface area contributed by atoms with Crippen LogP contribution in [0.3, 0.4) is 0 Å². The van der Waals surface area contributed by atoms with E-state index in [4.69, 9.17) is 23.2 Å². The van der Waals surface area contributed by atoms with E-state index in [1.54, 1.807) is 29.9 Å². The molecule has 1 amide bonds. The Morgan fingerprint density at radius 1 is 1.31 bits per heavy atom. The van der Waals surface area contributed by atoms with Crippen LogP contribution in [0.4, 0.5) is 5.69 Å². The quantitative estimate of drug-likeness (QED) is 0.714. The Morgan fingerprint density at radius 3 is 2.83 bits per heavy atom.